The van der Waals surface area contributed by atoms with Crippen LogP contribution in [0.5, 0.6) is 0 Å². The second-order valence-corrected chi connectivity index (χ2v) is 6.47. The molecular formula is C15H28N2O3. The van der Waals surface area contributed by atoms with Gasteiger partial charge in [-0.25, -0.2) is 9.59 Å². The van der Waals surface area contributed by atoms with Crippen molar-refractivity contribution in [1.82, 2.24) is 10.2 Å². The molecule has 5 nitrogen and oxygen atoms in total. The smallest absolute Gasteiger partial charge is 0.326 e. The van der Waals surface area contributed by atoms with Crippen LogP contribution in [0.4, 0.5) is 4.79 Å². The van der Waals surface area contributed by atoms with E-state index in [1.54, 1.807) is 0 Å². The van der Waals surface area contributed by atoms with Crippen LogP contribution in [0.3, 0.4) is 0 Å². The van der Waals surface area contributed by atoms with Crippen LogP contribution in [0.25, 0.3) is 0 Å². The zero-order valence-electron chi connectivity index (χ0n) is 12.9. The van der Waals surface area contributed by atoms with Crippen LogP contribution in [0.15, 0.2) is 0 Å². The molecule has 0 unspecified atom stereocenters. The summed E-state index contributed by atoms with van der Waals surface area (Å²) in [6.45, 7) is 7.59. The maximum Gasteiger partial charge on any atom is 0.326 e. The van der Waals surface area contributed by atoms with E-state index < -0.39 is 12.0 Å². The van der Waals surface area contributed by atoms with Gasteiger partial charge in [-0.1, -0.05) is 40.0 Å². The molecule has 1 fully saturated rings. The molecule has 0 aliphatic carbocycles. The molecule has 2 amide bonds. The zero-order chi connectivity index (χ0) is 15.2. The number of carbonyl (C=O) groups is 2. The van der Waals surface area contributed by atoms with Crippen molar-refractivity contribution in [1.29, 1.82) is 0 Å². The Morgan fingerprint density at radius 1 is 1.35 bits per heavy atom. The molecule has 1 atom stereocenters. The molecule has 1 saturated heterocycles. The minimum absolute atomic E-state index is 0.0588. The number of nitrogens with one attached hydrogen (secondary N) is 1. The second-order valence-electron chi connectivity index (χ2n) is 6.47. The van der Waals surface area contributed by atoms with Crippen molar-refractivity contribution in [2.45, 2.75) is 65.3 Å². The van der Waals surface area contributed by atoms with Gasteiger partial charge >= 0.3 is 12.0 Å². The summed E-state index contributed by atoms with van der Waals surface area (Å²) in [5, 5.41) is 12.0. The van der Waals surface area contributed by atoms with E-state index in [0.29, 0.717) is 19.5 Å². The van der Waals surface area contributed by atoms with Gasteiger partial charge in [0.15, 0.2) is 0 Å². The number of hydrogen-bond donors (Lipinski definition) is 2. The van der Waals surface area contributed by atoms with Crippen LogP contribution in [0, 0.1) is 5.41 Å². The maximum atomic E-state index is 12.1. The van der Waals surface area contributed by atoms with Crippen LogP contribution >= 0.6 is 0 Å². The third-order valence-electron chi connectivity index (χ3n) is 3.97. The van der Waals surface area contributed by atoms with E-state index in [4.69, 9.17) is 5.11 Å². The summed E-state index contributed by atoms with van der Waals surface area (Å²) < 4.78 is 0. The Kier molecular flexibility index (Phi) is 6.30. The molecule has 0 aromatic rings. The van der Waals surface area contributed by atoms with Gasteiger partial charge in [0.2, 0.25) is 0 Å². The highest BCUT2D eigenvalue weighted by molar-refractivity contribution is 5.83. The number of unbranched alkanes of at least 4 members (excludes halogenated alkanes) is 2. The van der Waals surface area contributed by atoms with E-state index in [9.17, 15) is 9.59 Å². The number of hydrogen-bond acceptors (Lipinski definition) is 2. The number of likely N-dealkylation sites (tertiary alicyclic amines) is 1. The Morgan fingerprint density at radius 3 is 2.65 bits per heavy atom. The van der Waals surface area contributed by atoms with Crippen molar-refractivity contribution in [3.8, 4) is 0 Å². The molecule has 1 heterocycles. The fourth-order valence-corrected chi connectivity index (χ4v) is 2.62. The Bertz CT molecular complexity index is 342. The molecule has 1 aliphatic rings. The molecule has 20 heavy (non-hydrogen) atoms. The predicted octanol–water partition coefficient (Wildman–Crippen LogP) is 2.85. The highest BCUT2D eigenvalue weighted by Gasteiger charge is 2.34. The number of amides is 2. The standard InChI is InChI=1S/C15H28N2O3/c1-4-5-6-9-15(2,3)11-16-14(20)17-10-7-8-12(17)13(18)19/h12H,4-11H2,1-3H3,(H,16,20)(H,18,19)/t12-/m0/s1. The van der Waals surface area contributed by atoms with Gasteiger partial charge in [0.25, 0.3) is 0 Å². The Morgan fingerprint density at radius 2 is 2.05 bits per heavy atom. The van der Waals surface area contributed by atoms with Crippen LogP contribution in [0.2, 0.25) is 0 Å². The van der Waals surface area contributed by atoms with E-state index in [2.05, 4.69) is 26.1 Å². The van der Waals surface area contributed by atoms with Crippen molar-refractivity contribution in [3.63, 3.8) is 0 Å². The van der Waals surface area contributed by atoms with E-state index in [1.807, 2.05) is 0 Å². The number of carboxylic acid groups (broad SMARTS) is 1. The van der Waals surface area contributed by atoms with E-state index in [-0.39, 0.29) is 11.4 Å². The summed E-state index contributed by atoms with van der Waals surface area (Å²) in [5.41, 5.74) is 0.0588. The number of nitrogens with zero attached hydrogens (tertiary/aromatic N) is 1. The molecule has 0 aromatic carbocycles. The van der Waals surface area contributed by atoms with Crippen LogP contribution in [-0.2, 0) is 4.79 Å². The van der Waals surface area contributed by atoms with E-state index >= 15 is 0 Å². The third-order valence-corrected chi connectivity index (χ3v) is 3.97. The number of urea groups is 1. The lowest BCUT2D eigenvalue weighted by Crippen LogP contribution is -2.48. The van der Waals surface area contributed by atoms with Gasteiger partial charge in [0.1, 0.15) is 6.04 Å². The third kappa shape index (κ3) is 5.02. The Balaban J connectivity index is 2.40. The molecule has 0 bridgehead atoms. The molecule has 2 N–H and O–H groups in total. The summed E-state index contributed by atoms with van der Waals surface area (Å²) in [7, 11) is 0. The second kappa shape index (κ2) is 7.50. The Hall–Kier alpha value is -1.26. The van der Waals surface area contributed by atoms with Gasteiger partial charge < -0.3 is 15.3 Å². The maximum absolute atomic E-state index is 12.1. The molecule has 1 rings (SSSR count). The van der Waals surface area contributed by atoms with Crippen molar-refractivity contribution >= 4 is 12.0 Å². The fourth-order valence-electron chi connectivity index (χ4n) is 2.62. The van der Waals surface area contributed by atoms with E-state index in [1.165, 1.54) is 24.2 Å². The Labute approximate surface area is 121 Å². The van der Waals surface area contributed by atoms with Crippen molar-refractivity contribution in [3.05, 3.63) is 0 Å². The fraction of sp³-hybridized carbons (Fsp3) is 0.867. The molecule has 116 valence electrons. The largest absolute Gasteiger partial charge is 0.480 e. The monoisotopic (exact) mass is 284 g/mol. The molecule has 0 saturated carbocycles. The van der Waals surface area contributed by atoms with Gasteiger partial charge in [-0.05, 0) is 24.7 Å². The van der Waals surface area contributed by atoms with Crippen molar-refractivity contribution < 1.29 is 14.7 Å². The van der Waals surface area contributed by atoms with Crippen LogP contribution < -0.4 is 5.32 Å². The first-order chi connectivity index (χ1) is 9.37. The highest BCUT2D eigenvalue weighted by atomic mass is 16.4. The highest BCUT2D eigenvalue weighted by Crippen LogP contribution is 2.23. The van der Waals surface area contributed by atoms with Gasteiger partial charge in [-0.3, -0.25) is 0 Å². The normalized spacial score (nSPS) is 19.1. The topological polar surface area (TPSA) is 69.6 Å². The summed E-state index contributed by atoms with van der Waals surface area (Å²) in [6.07, 6.45) is 5.97. The molecular weight excluding hydrogens is 256 g/mol. The predicted molar refractivity (Wildman–Crippen MR) is 78.7 cm³/mol. The van der Waals surface area contributed by atoms with Crippen molar-refractivity contribution in [2.75, 3.05) is 13.1 Å². The molecule has 1 aliphatic heterocycles. The zero-order valence-corrected chi connectivity index (χ0v) is 12.9. The summed E-state index contributed by atoms with van der Waals surface area (Å²) in [4.78, 5) is 24.6. The lowest BCUT2D eigenvalue weighted by molar-refractivity contribution is -0.141. The average Bonchev–Trinajstić information content (AvgIpc) is 2.85. The first-order valence-electron chi connectivity index (χ1n) is 7.64. The summed E-state index contributed by atoms with van der Waals surface area (Å²) in [6, 6.07) is -0.892. The average molecular weight is 284 g/mol. The van der Waals surface area contributed by atoms with Gasteiger partial charge in [0, 0.05) is 13.1 Å². The number of carbonyl (C=O) groups excluding carboxylic acids is 1. The molecule has 0 radical (unpaired) electrons. The van der Waals surface area contributed by atoms with Crippen LogP contribution in [0.1, 0.15) is 59.3 Å². The van der Waals surface area contributed by atoms with Crippen molar-refractivity contribution in [2.24, 2.45) is 5.41 Å². The lowest BCUT2D eigenvalue weighted by atomic mass is 9.87. The van der Waals surface area contributed by atoms with E-state index in [0.717, 1.165) is 12.8 Å². The molecule has 0 spiro atoms. The number of rotatable bonds is 7. The lowest BCUT2D eigenvalue weighted by Gasteiger charge is -2.28. The summed E-state index contributed by atoms with van der Waals surface area (Å²) in [5.74, 6) is -0.903. The minimum Gasteiger partial charge on any atom is -0.480 e. The first-order valence-corrected chi connectivity index (χ1v) is 7.64. The van der Waals surface area contributed by atoms with Crippen LogP contribution in [-0.4, -0.2) is 41.1 Å². The molecule has 0 aromatic heterocycles. The molecule has 5 heteroatoms. The SMILES string of the molecule is CCCCCC(C)(C)CNC(=O)N1CCC[C@H]1C(=O)O. The minimum atomic E-state index is -0.903. The first kappa shape index (κ1) is 16.8. The quantitative estimate of drug-likeness (QED) is 0.706. The number of aliphatic carboxylic acids is 1. The number of carboxylic acids is 1. The van der Waals surface area contributed by atoms with Gasteiger partial charge in [-0.2, -0.15) is 0 Å². The van der Waals surface area contributed by atoms with Gasteiger partial charge in [0.05, 0.1) is 0 Å². The summed E-state index contributed by atoms with van der Waals surface area (Å²) >= 11 is 0. The van der Waals surface area contributed by atoms with Gasteiger partial charge in [-0.15, -0.1) is 0 Å².